The van der Waals surface area contributed by atoms with Crippen LogP contribution in [0.3, 0.4) is 0 Å². The summed E-state index contributed by atoms with van der Waals surface area (Å²) in [4.78, 5) is 18.7. The summed E-state index contributed by atoms with van der Waals surface area (Å²) in [5.41, 5.74) is 0. The van der Waals surface area contributed by atoms with Gasteiger partial charge in [0.2, 0.25) is 5.91 Å². The fourth-order valence-corrected chi connectivity index (χ4v) is 3.65. The molecule has 2 saturated heterocycles. The predicted octanol–water partition coefficient (Wildman–Crippen LogP) is 0.971. The van der Waals surface area contributed by atoms with Crippen molar-refractivity contribution in [1.29, 1.82) is 0 Å². The zero-order valence-corrected chi connectivity index (χ0v) is 12.2. The quantitative estimate of drug-likeness (QED) is 0.891. The van der Waals surface area contributed by atoms with Crippen LogP contribution in [0, 0.1) is 0 Å². The molecule has 0 radical (unpaired) electrons. The van der Waals surface area contributed by atoms with Crippen molar-refractivity contribution in [2.24, 2.45) is 0 Å². The molecule has 1 aromatic heterocycles. The minimum absolute atomic E-state index is 0.157. The fourth-order valence-electron chi connectivity index (χ4n) is 3.65. The first-order valence-electron chi connectivity index (χ1n) is 7.59. The van der Waals surface area contributed by atoms with Gasteiger partial charge in [0, 0.05) is 24.7 Å². The van der Waals surface area contributed by atoms with Gasteiger partial charge in [0.05, 0.1) is 0 Å². The van der Waals surface area contributed by atoms with E-state index >= 15 is 0 Å². The van der Waals surface area contributed by atoms with E-state index in [2.05, 4.69) is 22.3 Å². The first-order valence-corrected chi connectivity index (χ1v) is 7.59. The number of aromatic nitrogens is 3. The predicted molar refractivity (Wildman–Crippen MR) is 75.1 cm³/mol. The van der Waals surface area contributed by atoms with Crippen molar-refractivity contribution in [1.82, 2.24) is 25.0 Å². The Balaban J connectivity index is 1.71. The molecule has 0 spiro atoms. The molecule has 3 rings (SSSR count). The lowest BCUT2D eigenvalue weighted by Crippen LogP contribution is -2.51. The minimum Gasteiger partial charge on any atom is -0.338 e. The molecule has 2 bridgehead atoms. The Morgan fingerprint density at radius 2 is 2.15 bits per heavy atom. The van der Waals surface area contributed by atoms with E-state index in [1.165, 1.54) is 19.2 Å². The maximum absolute atomic E-state index is 12.7. The van der Waals surface area contributed by atoms with Crippen molar-refractivity contribution >= 4 is 5.91 Å². The number of piperidine rings is 1. The number of hydrogen-bond donors (Lipinski definition) is 1. The molecule has 2 fully saturated rings. The average molecular weight is 277 g/mol. The van der Waals surface area contributed by atoms with Gasteiger partial charge in [-0.05, 0) is 39.5 Å². The third kappa shape index (κ3) is 2.44. The second-order valence-electron chi connectivity index (χ2n) is 5.94. The fraction of sp³-hybridized carbons (Fsp3) is 0.786. The molecule has 2 aliphatic heterocycles. The summed E-state index contributed by atoms with van der Waals surface area (Å²) < 4.78 is 1.64. The molecule has 6 heteroatoms. The summed E-state index contributed by atoms with van der Waals surface area (Å²) >= 11 is 0. The number of nitrogens with one attached hydrogen (secondary N) is 1. The van der Waals surface area contributed by atoms with Gasteiger partial charge >= 0.3 is 0 Å². The molecule has 20 heavy (non-hydrogen) atoms. The van der Waals surface area contributed by atoms with Gasteiger partial charge in [-0.2, -0.15) is 5.10 Å². The Kier molecular flexibility index (Phi) is 3.74. The third-order valence-corrected chi connectivity index (χ3v) is 4.70. The third-order valence-electron chi connectivity index (χ3n) is 4.70. The van der Waals surface area contributed by atoms with Crippen LogP contribution in [0.5, 0.6) is 0 Å². The number of fused-ring (bicyclic) bond motifs is 2. The van der Waals surface area contributed by atoms with Crippen LogP contribution >= 0.6 is 0 Å². The topological polar surface area (TPSA) is 63.1 Å². The smallest absolute Gasteiger partial charge is 0.247 e. The Labute approximate surface area is 119 Å². The number of carbonyl (C=O) groups excluding carboxylic acids is 1. The summed E-state index contributed by atoms with van der Waals surface area (Å²) in [6.45, 7) is 4.73. The van der Waals surface area contributed by atoms with Crippen LogP contribution in [0.1, 0.15) is 45.6 Å². The van der Waals surface area contributed by atoms with Crippen molar-refractivity contribution in [3.8, 4) is 0 Å². The molecule has 0 saturated carbocycles. The molecule has 1 N–H and O–H groups in total. The highest BCUT2D eigenvalue weighted by Crippen LogP contribution is 2.30. The zero-order chi connectivity index (χ0) is 14.1. The Morgan fingerprint density at radius 1 is 1.45 bits per heavy atom. The van der Waals surface area contributed by atoms with Crippen LogP contribution in [0.25, 0.3) is 0 Å². The lowest BCUT2D eigenvalue weighted by molar-refractivity contribution is -0.137. The maximum Gasteiger partial charge on any atom is 0.247 e. The largest absolute Gasteiger partial charge is 0.338 e. The van der Waals surface area contributed by atoms with Crippen molar-refractivity contribution in [3.63, 3.8) is 0 Å². The van der Waals surface area contributed by atoms with E-state index in [0.717, 1.165) is 19.4 Å². The minimum atomic E-state index is -0.273. The number of hydrogen-bond acceptors (Lipinski definition) is 4. The van der Waals surface area contributed by atoms with Crippen molar-refractivity contribution < 1.29 is 4.79 Å². The molecule has 6 nitrogen and oxygen atoms in total. The zero-order valence-electron chi connectivity index (χ0n) is 12.2. The SMILES string of the molecule is CCN(C(=O)C(C)n1cncn1)C1CC2CCC(C1)N2. The van der Waals surface area contributed by atoms with E-state index in [9.17, 15) is 4.79 Å². The molecule has 1 aromatic rings. The number of amides is 1. The molecular formula is C14H23N5O. The number of likely N-dealkylation sites (N-methyl/N-ethyl adjacent to an activating group) is 1. The van der Waals surface area contributed by atoms with Gasteiger partial charge in [-0.1, -0.05) is 0 Å². The van der Waals surface area contributed by atoms with Crippen LogP contribution in [0.15, 0.2) is 12.7 Å². The highest BCUT2D eigenvalue weighted by molar-refractivity contribution is 5.80. The Morgan fingerprint density at radius 3 is 2.70 bits per heavy atom. The van der Waals surface area contributed by atoms with Crippen molar-refractivity contribution in [2.45, 2.75) is 63.7 Å². The van der Waals surface area contributed by atoms with Crippen molar-refractivity contribution in [2.75, 3.05) is 6.54 Å². The van der Waals surface area contributed by atoms with Gasteiger partial charge in [-0.25, -0.2) is 9.67 Å². The van der Waals surface area contributed by atoms with E-state index in [4.69, 9.17) is 0 Å². The number of rotatable bonds is 4. The highest BCUT2D eigenvalue weighted by Gasteiger charge is 2.38. The molecular weight excluding hydrogens is 254 g/mol. The van der Waals surface area contributed by atoms with Gasteiger partial charge in [0.1, 0.15) is 18.7 Å². The second kappa shape index (κ2) is 5.52. The van der Waals surface area contributed by atoms with Crippen LogP contribution in [-0.4, -0.2) is 50.2 Å². The lowest BCUT2D eigenvalue weighted by Gasteiger charge is -2.38. The van der Waals surface area contributed by atoms with Crippen LogP contribution in [-0.2, 0) is 4.79 Å². The summed E-state index contributed by atoms with van der Waals surface area (Å²) in [7, 11) is 0. The van der Waals surface area contributed by atoms with Crippen LogP contribution in [0.2, 0.25) is 0 Å². The van der Waals surface area contributed by atoms with E-state index in [1.54, 1.807) is 11.0 Å². The van der Waals surface area contributed by atoms with Gasteiger partial charge in [-0.15, -0.1) is 0 Å². The number of carbonyl (C=O) groups is 1. The molecule has 0 aliphatic carbocycles. The van der Waals surface area contributed by atoms with Gasteiger partial charge < -0.3 is 10.2 Å². The summed E-state index contributed by atoms with van der Waals surface area (Å²) in [6.07, 6.45) is 7.77. The molecule has 3 heterocycles. The first-order chi connectivity index (χ1) is 9.69. The lowest BCUT2D eigenvalue weighted by atomic mass is 9.97. The Hall–Kier alpha value is -1.43. The van der Waals surface area contributed by atoms with Gasteiger partial charge in [0.15, 0.2) is 0 Å². The van der Waals surface area contributed by atoms with E-state index < -0.39 is 0 Å². The van der Waals surface area contributed by atoms with Crippen LogP contribution in [0.4, 0.5) is 0 Å². The molecule has 3 atom stereocenters. The maximum atomic E-state index is 12.7. The normalized spacial score (nSPS) is 30.2. The molecule has 1 amide bonds. The summed E-state index contributed by atoms with van der Waals surface area (Å²) in [6, 6.07) is 1.30. The van der Waals surface area contributed by atoms with Crippen LogP contribution < -0.4 is 5.32 Å². The second-order valence-corrected chi connectivity index (χ2v) is 5.94. The van der Waals surface area contributed by atoms with Crippen molar-refractivity contribution in [3.05, 3.63) is 12.7 Å². The van der Waals surface area contributed by atoms with E-state index in [1.807, 2.05) is 11.8 Å². The molecule has 0 aromatic carbocycles. The summed E-state index contributed by atoms with van der Waals surface area (Å²) in [5, 5.41) is 7.72. The number of nitrogens with zero attached hydrogens (tertiary/aromatic N) is 4. The van der Waals surface area contributed by atoms with Gasteiger partial charge in [-0.3, -0.25) is 4.79 Å². The monoisotopic (exact) mass is 277 g/mol. The molecule has 110 valence electrons. The highest BCUT2D eigenvalue weighted by atomic mass is 16.2. The molecule has 3 unspecified atom stereocenters. The summed E-state index contributed by atoms with van der Waals surface area (Å²) in [5.74, 6) is 0.157. The molecule has 2 aliphatic rings. The average Bonchev–Trinajstić information content (AvgIpc) is 3.09. The standard InChI is InChI=1S/C14H23N5O/c1-3-18(13-6-11-4-5-12(7-13)17-11)14(20)10(2)19-9-15-8-16-19/h8-13,17H,3-7H2,1-2H3. The Bertz CT molecular complexity index is 448. The van der Waals surface area contributed by atoms with E-state index in [-0.39, 0.29) is 11.9 Å². The first kappa shape index (κ1) is 13.5. The van der Waals surface area contributed by atoms with E-state index in [0.29, 0.717) is 18.1 Å². The van der Waals surface area contributed by atoms with Gasteiger partial charge in [0.25, 0.3) is 0 Å².